The third-order valence-electron chi connectivity index (χ3n) is 3.59. The van der Waals surface area contributed by atoms with Crippen molar-refractivity contribution < 1.29 is 19.1 Å². The van der Waals surface area contributed by atoms with Gasteiger partial charge in [0.05, 0.1) is 0 Å². The summed E-state index contributed by atoms with van der Waals surface area (Å²) < 4.78 is 5.25. The van der Waals surface area contributed by atoms with Gasteiger partial charge in [-0.15, -0.1) is 0 Å². The summed E-state index contributed by atoms with van der Waals surface area (Å²) in [5, 5.41) is 0. The Bertz CT molecular complexity index is 677. The minimum Gasteiger partial charge on any atom is -0.444 e. The number of benzene rings is 1. The van der Waals surface area contributed by atoms with Gasteiger partial charge in [0.1, 0.15) is 5.60 Å². The van der Waals surface area contributed by atoms with Gasteiger partial charge in [0.15, 0.2) is 0 Å². The monoisotopic (exact) mass is 378 g/mol. The molecular formula is C19H30N4O4. The molecule has 150 valence electrons. The second-order valence-electron chi connectivity index (χ2n) is 7.58. The number of carbonyl (C=O) groups is 3. The molecule has 0 aromatic heterocycles. The fourth-order valence-corrected chi connectivity index (χ4v) is 2.22. The van der Waals surface area contributed by atoms with Gasteiger partial charge in [0.25, 0.3) is 5.91 Å². The van der Waals surface area contributed by atoms with Crippen LogP contribution in [0.5, 0.6) is 0 Å². The lowest BCUT2D eigenvalue weighted by atomic mass is 10.1. The quantitative estimate of drug-likeness (QED) is 0.788. The zero-order valence-corrected chi connectivity index (χ0v) is 17.2. The third kappa shape index (κ3) is 7.98. The van der Waals surface area contributed by atoms with Crippen LogP contribution < -0.4 is 10.9 Å². The Morgan fingerprint density at radius 2 is 1.44 bits per heavy atom. The van der Waals surface area contributed by atoms with E-state index in [2.05, 4.69) is 10.9 Å². The van der Waals surface area contributed by atoms with Crippen molar-refractivity contribution in [1.82, 2.24) is 20.7 Å². The number of aryl methyl sites for hydroxylation is 2. The molecule has 0 saturated heterocycles. The maximum atomic E-state index is 12.2. The summed E-state index contributed by atoms with van der Waals surface area (Å²) in [6, 6.07) is 4.97. The fraction of sp³-hybridized carbons (Fsp3) is 0.526. The van der Waals surface area contributed by atoms with E-state index in [0.29, 0.717) is 12.1 Å². The summed E-state index contributed by atoms with van der Waals surface area (Å²) in [6.07, 6.45) is -0.459. The van der Waals surface area contributed by atoms with Gasteiger partial charge in [-0.25, -0.2) is 15.0 Å². The number of nitrogens with zero attached hydrogens (tertiary/aromatic N) is 2. The number of urea groups is 1. The number of hydrogen-bond donors (Lipinski definition) is 2. The molecule has 0 aliphatic rings. The summed E-state index contributed by atoms with van der Waals surface area (Å²) in [6.45, 7) is 9.74. The number of hydrazine groups is 1. The number of ether oxygens (including phenoxy) is 1. The highest BCUT2D eigenvalue weighted by Gasteiger charge is 2.20. The van der Waals surface area contributed by atoms with Crippen molar-refractivity contribution in [1.29, 1.82) is 0 Å². The van der Waals surface area contributed by atoms with Gasteiger partial charge < -0.3 is 14.5 Å². The van der Waals surface area contributed by atoms with Crippen molar-refractivity contribution in [3.05, 3.63) is 34.9 Å². The minimum absolute atomic E-state index is 0.279. The van der Waals surface area contributed by atoms with E-state index in [9.17, 15) is 14.4 Å². The lowest BCUT2D eigenvalue weighted by molar-refractivity contribution is 0.0290. The van der Waals surface area contributed by atoms with E-state index in [1.807, 2.05) is 19.9 Å². The highest BCUT2D eigenvalue weighted by Crippen LogP contribution is 2.09. The van der Waals surface area contributed by atoms with Crippen LogP contribution in [-0.2, 0) is 4.74 Å². The van der Waals surface area contributed by atoms with Gasteiger partial charge in [0.2, 0.25) is 0 Å². The van der Waals surface area contributed by atoms with Gasteiger partial charge in [-0.05, 0) is 46.8 Å². The van der Waals surface area contributed by atoms with Crippen LogP contribution in [0.1, 0.15) is 42.3 Å². The number of hydrogen-bond acceptors (Lipinski definition) is 4. The van der Waals surface area contributed by atoms with Crippen LogP contribution in [0.2, 0.25) is 0 Å². The maximum Gasteiger partial charge on any atom is 0.410 e. The smallest absolute Gasteiger partial charge is 0.410 e. The molecule has 8 heteroatoms. The van der Waals surface area contributed by atoms with Crippen molar-refractivity contribution >= 4 is 18.0 Å². The molecule has 27 heavy (non-hydrogen) atoms. The summed E-state index contributed by atoms with van der Waals surface area (Å²) in [5.41, 5.74) is 6.58. The fourth-order valence-electron chi connectivity index (χ4n) is 2.22. The van der Waals surface area contributed by atoms with E-state index < -0.39 is 23.6 Å². The Morgan fingerprint density at radius 1 is 0.926 bits per heavy atom. The number of amides is 4. The van der Waals surface area contributed by atoms with Crippen LogP contribution in [0.25, 0.3) is 0 Å². The Morgan fingerprint density at radius 3 is 1.96 bits per heavy atom. The third-order valence-corrected chi connectivity index (χ3v) is 3.59. The number of carbonyl (C=O) groups excluding carboxylic acids is 3. The molecular weight excluding hydrogens is 348 g/mol. The molecule has 8 nitrogen and oxygen atoms in total. The van der Waals surface area contributed by atoms with E-state index in [1.54, 1.807) is 47.0 Å². The Balaban J connectivity index is 2.46. The molecule has 0 aliphatic carbocycles. The number of likely N-dealkylation sites (N-methyl/N-ethyl adjacent to an activating group) is 2. The zero-order valence-electron chi connectivity index (χ0n) is 17.2. The molecule has 0 unspecified atom stereocenters. The van der Waals surface area contributed by atoms with E-state index >= 15 is 0 Å². The maximum absolute atomic E-state index is 12.2. The molecule has 0 aliphatic heterocycles. The topological polar surface area (TPSA) is 91.0 Å². The standard InChI is InChI=1S/C19H30N4O4/c1-13-10-14(2)12-15(11-13)16(24)20-21-17(25)22(6)8-9-23(7)18(26)27-19(3,4)5/h10-12H,8-9H2,1-7H3,(H,20,24)(H,21,25). The first-order chi connectivity index (χ1) is 12.4. The van der Waals surface area contributed by atoms with Crippen LogP contribution in [0.3, 0.4) is 0 Å². The van der Waals surface area contributed by atoms with Gasteiger partial charge in [-0.3, -0.25) is 10.2 Å². The average molecular weight is 378 g/mol. The van der Waals surface area contributed by atoms with Crippen LogP contribution >= 0.6 is 0 Å². The molecule has 1 aromatic carbocycles. The molecule has 0 radical (unpaired) electrons. The van der Waals surface area contributed by atoms with Crippen LogP contribution in [-0.4, -0.2) is 60.6 Å². The molecule has 1 aromatic rings. The predicted molar refractivity (Wildman–Crippen MR) is 103 cm³/mol. The van der Waals surface area contributed by atoms with E-state index in [4.69, 9.17) is 4.74 Å². The van der Waals surface area contributed by atoms with E-state index in [0.717, 1.165) is 11.1 Å². The second kappa shape index (κ2) is 9.25. The van der Waals surface area contributed by atoms with Gasteiger partial charge in [-0.1, -0.05) is 17.2 Å². The van der Waals surface area contributed by atoms with E-state index in [-0.39, 0.29) is 6.54 Å². The highest BCUT2D eigenvalue weighted by molar-refractivity contribution is 5.95. The number of nitrogens with one attached hydrogen (secondary N) is 2. The van der Waals surface area contributed by atoms with Crippen molar-refractivity contribution in [2.45, 2.75) is 40.2 Å². The summed E-state index contributed by atoms with van der Waals surface area (Å²) in [7, 11) is 3.17. The first kappa shape index (κ1) is 22.3. The van der Waals surface area contributed by atoms with Crippen LogP contribution in [0, 0.1) is 13.8 Å². The average Bonchev–Trinajstić information content (AvgIpc) is 2.54. The minimum atomic E-state index is -0.576. The molecule has 0 atom stereocenters. The van der Waals surface area contributed by atoms with Crippen molar-refractivity contribution in [3.8, 4) is 0 Å². The largest absolute Gasteiger partial charge is 0.444 e. The molecule has 0 fully saturated rings. The molecule has 1 rings (SSSR count). The molecule has 0 bridgehead atoms. The highest BCUT2D eigenvalue weighted by atomic mass is 16.6. The van der Waals surface area contributed by atoms with Crippen molar-refractivity contribution in [2.24, 2.45) is 0 Å². The first-order valence-corrected chi connectivity index (χ1v) is 8.73. The number of rotatable bonds is 4. The zero-order chi connectivity index (χ0) is 20.8. The van der Waals surface area contributed by atoms with Gasteiger partial charge in [-0.2, -0.15) is 0 Å². The van der Waals surface area contributed by atoms with Gasteiger partial charge in [0, 0.05) is 32.7 Å². The second-order valence-corrected chi connectivity index (χ2v) is 7.58. The summed E-state index contributed by atoms with van der Waals surface area (Å²) in [4.78, 5) is 38.9. The normalized spacial score (nSPS) is 10.8. The lowest BCUT2D eigenvalue weighted by Crippen LogP contribution is -2.49. The predicted octanol–water partition coefficient (Wildman–Crippen LogP) is 2.46. The van der Waals surface area contributed by atoms with Crippen molar-refractivity contribution in [3.63, 3.8) is 0 Å². The molecule has 4 amide bonds. The van der Waals surface area contributed by atoms with Crippen LogP contribution in [0.4, 0.5) is 9.59 Å². The Labute approximate surface area is 160 Å². The summed E-state index contributed by atoms with van der Waals surface area (Å²) in [5.74, 6) is -0.394. The molecule has 0 saturated carbocycles. The van der Waals surface area contributed by atoms with Crippen molar-refractivity contribution in [2.75, 3.05) is 27.2 Å². The first-order valence-electron chi connectivity index (χ1n) is 8.73. The van der Waals surface area contributed by atoms with E-state index in [1.165, 1.54) is 9.80 Å². The molecule has 2 N–H and O–H groups in total. The Kier molecular flexibility index (Phi) is 7.63. The van der Waals surface area contributed by atoms with Gasteiger partial charge >= 0.3 is 12.1 Å². The Hall–Kier alpha value is -2.77. The summed E-state index contributed by atoms with van der Waals surface area (Å²) >= 11 is 0. The molecule has 0 heterocycles. The SMILES string of the molecule is Cc1cc(C)cc(C(=O)NNC(=O)N(C)CCN(C)C(=O)OC(C)(C)C)c1. The molecule has 0 spiro atoms. The lowest BCUT2D eigenvalue weighted by Gasteiger charge is -2.26. The van der Waals surface area contributed by atoms with Crippen LogP contribution in [0.15, 0.2) is 18.2 Å².